The maximum Gasteiger partial charge on any atom is 0.423 e. The standard InChI is InChI=1S/C10H12F3N3O3/c11-10(12,13)8-7(3-14-15-9(8)18)16-1-2-19-5-6(16)4-17/h3,6,17H,1-2,4-5H2,(H,15,18)/t6-/m0/s1. The number of H-pyrrole nitrogens is 1. The van der Waals surface area contributed by atoms with Crippen LogP contribution >= 0.6 is 0 Å². The van der Waals surface area contributed by atoms with Gasteiger partial charge in [-0.15, -0.1) is 0 Å². The van der Waals surface area contributed by atoms with Crippen LogP contribution in [0.5, 0.6) is 0 Å². The zero-order chi connectivity index (χ0) is 14.0. The second kappa shape index (κ2) is 5.17. The molecule has 0 spiro atoms. The van der Waals surface area contributed by atoms with Gasteiger partial charge in [-0.05, 0) is 0 Å². The Hall–Kier alpha value is -1.61. The molecule has 1 aromatic rings. The number of hydrogen-bond acceptors (Lipinski definition) is 5. The van der Waals surface area contributed by atoms with Crippen molar-refractivity contribution >= 4 is 5.69 Å². The molecule has 2 rings (SSSR count). The molecule has 0 saturated carbocycles. The second-order valence-electron chi connectivity index (χ2n) is 4.06. The number of nitrogens with one attached hydrogen (secondary N) is 1. The van der Waals surface area contributed by atoms with Gasteiger partial charge in [0.25, 0.3) is 5.56 Å². The van der Waals surface area contributed by atoms with Crippen LogP contribution in [0.1, 0.15) is 5.56 Å². The Bertz CT molecular complexity index is 503. The van der Waals surface area contributed by atoms with Crippen molar-refractivity contribution in [2.75, 3.05) is 31.3 Å². The lowest BCUT2D eigenvalue weighted by molar-refractivity contribution is -0.138. The lowest BCUT2D eigenvalue weighted by Crippen LogP contribution is -2.49. The van der Waals surface area contributed by atoms with Gasteiger partial charge in [-0.25, -0.2) is 5.10 Å². The molecule has 1 saturated heterocycles. The number of nitrogens with zero attached hydrogens (tertiary/aromatic N) is 2. The molecule has 1 atom stereocenters. The molecule has 1 aliphatic heterocycles. The Morgan fingerprint density at radius 1 is 1.58 bits per heavy atom. The maximum atomic E-state index is 12.9. The zero-order valence-electron chi connectivity index (χ0n) is 9.78. The number of rotatable bonds is 2. The van der Waals surface area contributed by atoms with Gasteiger partial charge in [-0.2, -0.15) is 18.3 Å². The average Bonchev–Trinajstić information content (AvgIpc) is 2.37. The number of aliphatic hydroxyl groups is 1. The van der Waals surface area contributed by atoms with E-state index < -0.39 is 23.3 Å². The summed E-state index contributed by atoms with van der Waals surface area (Å²) < 4.78 is 43.9. The fourth-order valence-electron chi connectivity index (χ4n) is 2.00. The summed E-state index contributed by atoms with van der Waals surface area (Å²) in [4.78, 5) is 12.7. The fourth-order valence-corrected chi connectivity index (χ4v) is 2.00. The van der Waals surface area contributed by atoms with Gasteiger partial charge < -0.3 is 14.7 Å². The van der Waals surface area contributed by atoms with Crippen LogP contribution in [0.4, 0.5) is 18.9 Å². The topological polar surface area (TPSA) is 78.5 Å². The molecule has 19 heavy (non-hydrogen) atoms. The highest BCUT2D eigenvalue weighted by Crippen LogP contribution is 2.34. The molecule has 0 amide bonds. The van der Waals surface area contributed by atoms with E-state index >= 15 is 0 Å². The van der Waals surface area contributed by atoms with Crippen LogP contribution < -0.4 is 10.5 Å². The molecule has 0 bridgehead atoms. The summed E-state index contributed by atoms with van der Waals surface area (Å²) in [6.07, 6.45) is -3.84. The maximum absolute atomic E-state index is 12.9. The summed E-state index contributed by atoms with van der Waals surface area (Å²) in [5.41, 5.74) is -2.94. The molecule has 0 unspecified atom stereocenters. The quantitative estimate of drug-likeness (QED) is 0.796. The van der Waals surface area contributed by atoms with E-state index in [2.05, 4.69) is 5.10 Å². The van der Waals surface area contributed by atoms with Crippen molar-refractivity contribution in [2.45, 2.75) is 12.2 Å². The Morgan fingerprint density at radius 2 is 2.32 bits per heavy atom. The van der Waals surface area contributed by atoms with Crippen LogP contribution in [0, 0.1) is 0 Å². The van der Waals surface area contributed by atoms with Gasteiger partial charge in [-0.1, -0.05) is 0 Å². The SMILES string of the molecule is O=c1[nH]ncc(N2CCOC[C@@H]2CO)c1C(F)(F)F. The zero-order valence-corrected chi connectivity index (χ0v) is 9.78. The third-order valence-electron chi connectivity index (χ3n) is 2.87. The van der Waals surface area contributed by atoms with Crippen molar-refractivity contribution in [3.05, 3.63) is 22.1 Å². The van der Waals surface area contributed by atoms with E-state index in [1.54, 1.807) is 5.10 Å². The lowest BCUT2D eigenvalue weighted by Gasteiger charge is -2.36. The Balaban J connectivity index is 2.49. The van der Waals surface area contributed by atoms with Gasteiger partial charge in [-0.3, -0.25) is 4.79 Å². The molecule has 2 N–H and O–H groups in total. The average molecular weight is 279 g/mol. The molecule has 0 aromatic carbocycles. The van der Waals surface area contributed by atoms with Gasteiger partial charge in [0.05, 0.1) is 37.7 Å². The van der Waals surface area contributed by atoms with E-state index in [0.29, 0.717) is 0 Å². The molecule has 106 valence electrons. The summed E-state index contributed by atoms with van der Waals surface area (Å²) in [7, 11) is 0. The van der Waals surface area contributed by atoms with Crippen LogP contribution in [0.3, 0.4) is 0 Å². The van der Waals surface area contributed by atoms with Gasteiger partial charge in [0.15, 0.2) is 0 Å². The number of anilines is 1. The molecule has 1 aliphatic rings. The van der Waals surface area contributed by atoms with Crippen molar-refractivity contribution in [3.63, 3.8) is 0 Å². The van der Waals surface area contributed by atoms with Crippen molar-refractivity contribution < 1.29 is 23.0 Å². The minimum atomic E-state index is -4.79. The predicted molar refractivity (Wildman–Crippen MR) is 58.9 cm³/mol. The number of aromatic amines is 1. The van der Waals surface area contributed by atoms with E-state index in [4.69, 9.17) is 4.74 Å². The van der Waals surface area contributed by atoms with E-state index in [1.807, 2.05) is 0 Å². The smallest absolute Gasteiger partial charge is 0.394 e. The first kappa shape index (κ1) is 13.8. The highest BCUT2D eigenvalue weighted by Gasteiger charge is 2.40. The number of alkyl halides is 3. The van der Waals surface area contributed by atoms with E-state index in [-0.39, 0.29) is 32.1 Å². The fraction of sp³-hybridized carbons (Fsp3) is 0.600. The number of hydrogen-bond donors (Lipinski definition) is 2. The first-order valence-electron chi connectivity index (χ1n) is 5.55. The van der Waals surface area contributed by atoms with Gasteiger partial charge in [0.2, 0.25) is 0 Å². The van der Waals surface area contributed by atoms with Gasteiger partial charge in [0.1, 0.15) is 5.56 Å². The largest absolute Gasteiger partial charge is 0.423 e. The third kappa shape index (κ3) is 2.71. The van der Waals surface area contributed by atoms with E-state index in [9.17, 15) is 23.1 Å². The molecule has 1 fully saturated rings. The number of aromatic nitrogens is 2. The predicted octanol–water partition coefficient (Wildman–Crippen LogP) is -0.0138. The Labute approximate surface area is 105 Å². The molecule has 9 heteroatoms. The summed E-state index contributed by atoms with van der Waals surface area (Å²) in [5, 5.41) is 14.3. The Morgan fingerprint density at radius 3 is 2.95 bits per heavy atom. The molecular weight excluding hydrogens is 267 g/mol. The van der Waals surface area contributed by atoms with Crippen molar-refractivity contribution in [1.82, 2.24) is 10.2 Å². The first-order valence-corrected chi connectivity index (χ1v) is 5.55. The first-order chi connectivity index (χ1) is 8.95. The normalized spacial score (nSPS) is 20.6. The van der Waals surface area contributed by atoms with Gasteiger partial charge >= 0.3 is 6.18 Å². The van der Waals surface area contributed by atoms with Crippen LogP contribution in [-0.2, 0) is 10.9 Å². The van der Waals surface area contributed by atoms with Crippen molar-refractivity contribution in [1.29, 1.82) is 0 Å². The van der Waals surface area contributed by atoms with Crippen LogP contribution in [-0.4, -0.2) is 47.7 Å². The van der Waals surface area contributed by atoms with Crippen molar-refractivity contribution in [3.8, 4) is 0 Å². The number of halogens is 3. The monoisotopic (exact) mass is 279 g/mol. The van der Waals surface area contributed by atoms with Crippen LogP contribution in [0.2, 0.25) is 0 Å². The van der Waals surface area contributed by atoms with E-state index in [0.717, 1.165) is 6.20 Å². The molecule has 1 aromatic heterocycles. The van der Waals surface area contributed by atoms with Crippen molar-refractivity contribution in [2.24, 2.45) is 0 Å². The van der Waals surface area contributed by atoms with E-state index in [1.165, 1.54) is 4.90 Å². The minimum Gasteiger partial charge on any atom is -0.394 e. The summed E-state index contributed by atoms with van der Waals surface area (Å²) in [6, 6.07) is -0.626. The molecular formula is C10H12F3N3O3. The summed E-state index contributed by atoms with van der Waals surface area (Å²) in [6.45, 7) is 0.102. The third-order valence-corrected chi connectivity index (χ3v) is 2.87. The molecule has 0 aliphatic carbocycles. The lowest BCUT2D eigenvalue weighted by atomic mass is 10.1. The van der Waals surface area contributed by atoms with Crippen LogP contribution in [0.25, 0.3) is 0 Å². The van der Waals surface area contributed by atoms with Crippen LogP contribution in [0.15, 0.2) is 11.0 Å². The highest BCUT2D eigenvalue weighted by molar-refractivity contribution is 5.53. The van der Waals surface area contributed by atoms with Gasteiger partial charge in [0, 0.05) is 6.54 Å². The number of aliphatic hydroxyl groups excluding tert-OH is 1. The minimum absolute atomic E-state index is 0.0978. The molecule has 2 heterocycles. The Kier molecular flexibility index (Phi) is 3.76. The molecule has 0 radical (unpaired) electrons. The number of ether oxygens (including phenoxy) is 1. The summed E-state index contributed by atoms with van der Waals surface area (Å²) >= 11 is 0. The number of morpholine rings is 1. The second-order valence-corrected chi connectivity index (χ2v) is 4.06. The molecule has 6 nitrogen and oxygen atoms in total. The highest BCUT2D eigenvalue weighted by atomic mass is 19.4. The summed E-state index contributed by atoms with van der Waals surface area (Å²) in [5.74, 6) is 0.